The van der Waals surface area contributed by atoms with Crippen molar-refractivity contribution < 1.29 is 5.11 Å². The maximum absolute atomic E-state index is 10.6. The molecule has 1 aromatic carbocycles. The highest BCUT2D eigenvalue weighted by molar-refractivity contribution is 5.29. The van der Waals surface area contributed by atoms with E-state index in [1.807, 2.05) is 12.1 Å². The number of rotatable bonds is 7. The summed E-state index contributed by atoms with van der Waals surface area (Å²) >= 11 is 0. The van der Waals surface area contributed by atoms with Crippen LogP contribution in [0.3, 0.4) is 0 Å². The van der Waals surface area contributed by atoms with Gasteiger partial charge in [-0.3, -0.25) is 0 Å². The molecule has 1 nitrogen and oxygen atoms in total. The zero-order valence-electron chi connectivity index (χ0n) is 10.7. The molecule has 0 aromatic heterocycles. The van der Waals surface area contributed by atoms with Crippen molar-refractivity contribution in [2.45, 2.75) is 38.2 Å². The minimum absolute atomic E-state index is 0.550. The van der Waals surface area contributed by atoms with Gasteiger partial charge in [0.1, 0.15) is 0 Å². The molecule has 0 amide bonds. The summed E-state index contributed by atoms with van der Waals surface area (Å²) in [6, 6.07) is 8.19. The predicted molar refractivity (Wildman–Crippen MR) is 74.0 cm³/mol. The Morgan fingerprint density at radius 3 is 2.41 bits per heavy atom. The van der Waals surface area contributed by atoms with Crippen LogP contribution in [0.15, 0.2) is 49.6 Å². The highest BCUT2D eigenvalue weighted by atomic mass is 16.3. The van der Waals surface area contributed by atoms with Crippen LogP contribution in [0.1, 0.15) is 37.3 Å². The first-order valence-electron chi connectivity index (χ1n) is 6.20. The highest BCUT2D eigenvalue weighted by Crippen LogP contribution is 2.30. The Morgan fingerprint density at radius 1 is 1.24 bits per heavy atom. The van der Waals surface area contributed by atoms with E-state index in [1.54, 1.807) is 12.2 Å². The molecule has 0 saturated carbocycles. The van der Waals surface area contributed by atoms with Crippen molar-refractivity contribution in [1.29, 1.82) is 0 Å². The quantitative estimate of drug-likeness (QED) is 0.702. The second-order valence-corrected chi connectivity index (χ2v) is 4.47. The van der Waals surface area contributed by atoms with E-state index in [-0.39, 0.29) is 0 Å². The topological polar surface area (TPSA) is 20.2 Å². The zero-order valence-corrected chi connectivity index (χ0v) is 10.7. The first-order valence-corrected chi connectivity index (χ1v) is 6.20. The van der Waals surface area contributed by atoms with E-state index >= 15 is 0 Å². The Morgan fingerprint density at radius 2 is 1.88 bits per heavy atom. The molecule has 0 unspecified atom stereocenters. The van der Waals surface area contributed by atoms with Gasteiger partial charge in [0.15, 0.2) is 0 Å². The van der Waals surface area contributed by atoms with Crippen molar-refractivity contribution in [2.24, 2.45) is 0 Å². The van der Waals surface area contributed by atoms with Crippen molar-refractivity contribution in [1.82, 2.24) is 0 Å². The summed E-state index contributed by atoms with van der Waals surface area (Å²) < 4.78 is 0. The molecule has 17 heavy (non-hydrogen) atoms. The van der Waals surface area contributed by atoms with Crippen molar-refractivity contribution >= 4 is 0 Å². The van der Waals surface area contributed by atoms with Gasteiger partial charge in [0.05, 0.1) is 5.60 Å². The highest BCUT2D eigenvalue weighted by Gasteiger charge is 2.26. The SMILES string of the molecule is C=CCC(O)(CC=C)c1cccc(CCC)c1. The van der Waals surface area contributed by atoms with Gasteiger partial charge in [-0.1, -0.05) is 49.8 Å². The third-order valence-corrected chi connectivity index (χ3v) is 2.97. The number of hydrogen-bond donors (Lipinski definition) is 1. The molecule has 0 radical (unpaired) electrons. The monoisotopic (exact) mass is 230 g/mol. The van der Waals surface area contributed by atoms with Gasteiger partial charge in [0, 0.05) is 0 Å². The lowest BCUT2D eigenvalue weighted by molar-refractivity contribution is 0.0429. The summed E-state index contributed by atoms with van der Waals surface area (Å²) in [6.07, 6.45) is 6.78. The van der Waals surface area contributed by atoms with Crippen LogP contribution in [-0.2, 0) is 12.0 Å². The lowest BCUT2D eigenvalue weighted by Gasteiger charge is -2.26. The summed E-state index contributed by atoms with van der Waals surface area (Å²) in [5.74, 6) is 0. The Hall–Kier alpha value is -1.34. The largest absolute Gasteiger partial charge is 0.385 e. The minimum Gasteiger partial charge on any atom is -0.385 e. The van der Waals surface area contributed by atoms with Gasteiger partial charge >= 0.3 is 0 Å². The van der Waals surface area contributed by atoms with E-state index in [2.05, 4.69) is 32.2 Å². The Bertz CT molecular complexity index is 369. The Labute approximate surface area is 104 Å². The van der Waals surface area contributed by atoms with Gasteiger partial charge < -0.3 is 5.11 Å². The predicted octanol–water partition coefficient (Wildman–Crippen LogP) is 3.98. The first-order chi connectivity index (χ1) is 8.16. The molecule has 1 rings (SSSR count). The van der Waals surface area contributed by atoms with E-state index in [0.29, 0.717) is 12.8 Å². The molecule has 0 heterocycles. The van der Waals surface area contributed by atoms with E-state index in [1.165, 1.54) is 5.56 Å². The smallest absolute Gasteiger partial charge is 0.0964 e. The van der Waals surface area contributed by atoms with Gasteiger partial charge in [-0.15, -0.1) is 13.2 Å². The van der Waals surface area contributed by atoms with Crippen LogP contribution in [0.4, 0.5) is 0 Å². The Balaban J connectivity index is 3.04. The molecule has 1 aromatic rings. The fraction of sp³-hybridized carbons (Fsp3) is 0.375. The van der Waals surface area contributed by atoms with Crippen molar-refractivity contribution in [3.05, 3.63) is 60.7 Å². The van der Waals surface area contributed by atoms with Crippen molar-refractivity contribution in [2.75, 3.05) is 0 Å². The zero-order chi connectivity index (χ0) is 12.7. The molecule has 0 saturated heterocycles. The molecule has 92 valence electrons. The molecule has 1 N–H and O–H groups in total. The standard InChI is InChI=1S/C16H22O/c1-4-8-14-9-7-10-15(13-14)16(17,11-5-2)12-6-3/h5-7,9-10,13,17H,2-4,8,11-12H2,1H3. The number of aliphatic hydroxyl groups is 1. The van der Waals surface area contributed by atoms with E-state index in [0.717, 1.165) is 18.4 Å². The van der Waals surface area contributed by atoms with Crippen molar-refractivity contribution in [3.63, 3.8) is 0 Å². The number of aryl methyl sites for hydroxylation is 1. The molecule has 0 aliphatic heterocycles. The summed E-state index contributed by atoms with van der Waals surface area (Å²) in [6.45, 7) is 9.59. The minimum atomic E-state index is -0.854. The van der Waals surface area contributed by atoms with Crippen LogP contribution in [0.5, 0.6) is 0 Å². The van der Waals surface area contributed by atoms with Gasteiger partial charge in [-0.05, 0) is 30.4 Å². The number of benzene rings is 1. The van der Waals surface area contributed by atoms with Gasteiger partial charge in [0.25, 0.3) is 0 Å². The molecule has 0 aliphatic rings. The van der Waals surface area contributed by atoms with Crippen LogP contribution >= 0.6 is 0 Å². The van der Waals surface area contributed by atoms with E-state index in [4.69, 9.17) is 0 Å². The van der Waals surface area contributed by atoms with Gasteiger partial charge in [-0.25, -0.2) is 0 Å². The maximum atomic E-state index is 10.6. The molecular weight excluding hydrogens is 208 g/mol. The van der Waals surface area contributed by atoms with Gasteiger partial charge in [-0.2, -0.15) is 0 Å². The average Bonchev–Trinajstić information content (AvgIpc) is 2.30. The van der Waals surface area contributed by atoms with E-state index < -0.39 is 5.60 Å². The molecular formula is C16H22O. The van der Waals surface area contributed by atoms with Crippen LogP contribution in [0.25, 0.3) is 0 Å². The third kappa shape index (κ3) is 3.57. The first kappa shape index (κ1) is 13.7. The van der Waals surface area contributed by atoms with E-state index in [9.17, 15) is 5.11 Å². The van der Waals surface area contributed by atoms with Crippen LogP contribution in [0.2, 0.25) is 0 Å². The summed E-state index contributed by atoms with van der Waals surface area (Å²) in [4.78, 5) is 0. The van der Waals surface area contributed by atoms with Crippen molar-refractivity contribution in [3.8, 4) is 0 Å². The lowest BCUT2D eigenvalue weighted by atomic mass is 9.86. The molecule has 0 atom stereocenters. The lowest BCUT2D eigenvalue weighted by Crippen LogP contribution is -2.24. The normalized spacial score (nSPS) is 11.2. The summed E-state index contributed by atoms with van der Waals surface area (Å²) in [5.41, 5.74) is 1.38. The number of hydrogen-bond acceptors (Lipinski definition) is 1. The average molecular weight is 230 g/mol. The third-order valence-electron chi connectivity index (χ3n) is 2.97. The fourth-order valence-electron chi connectivity index (χ4n) is 2.10. The van der Waals surface area contributed by atoms with Crippen LogP contribution < -0.4 is 0 Å². The Kier molecular flexibility index (Phi) is 5.17. The van der Waals surface area contributed by atoms with Crippen LogP contribution in [-0.4, -0.2) is 5.11 Å². The van der Waals surface area contributed by atoms with Gasteiger partial charge in [0.2, 0.25) is 0 Å². The van der Waals surface area contributed by atoms with Crippen LogP contribution in [0, 0.1) is 0 Å². The molecule has 0 spiro atoms. The molecule has 0 bridgehead atoms. The molecule has 0 fully saturated rings. The molecule has 0 aliphatic carbocycles. The summed E-state index contributed by atoms with van der Waals surface area (Å²) in [7, 11) is 0. The fourth-order valence-corrected chi connectivity index (χ4v) is 2.10. The maximum Gasteiger partial charge on any atom is 0.0964 e. The molecule has 1 heteroatoms. The second kappa shape index (κ2) is 6.41. The summed E-state index contributed by atoms with van der Waals surface area (Å²) in [5, 5.41) is 10.6. The second-order valence-electron chi connectivity index (χ2n) is 4.47.